The van der Waals surface area contributed by atoms with Crippen molar-refractivity contribution < 1.29 is 14.3 Å². The maximum Gasteiger partial charge on any atom is 0.169 e. The third kappa shape index (κ3) is 2.95. The van der Waals surface area contributed by atoms with Crippen molar-refractivity contribution in [3.8, 4) is 0 Å². The highest BCUT2D eigenvalue weighted by Crippen LogP contribution is 2.39. The number of methoxy groups -OCH3 is 1. The summed E-state index contributed by atoms with van der Waals surface area (Å²) in [5.74, 6) is 0.512. The van der Waals surface area contributed by atoms with Crippen LogP contribution in [0.3, 0.4) is 0 Å². The minimum atomic E-state index is -0.662. The van der Waals surface area contributed by atoms with Gasteiger partial charge in [-0.25, -0.2) is 0 Å². The molecule has 0 heterocycles. The summed E-state index contributed by atoms with van der Waals surface area (Å²) >= 11 is 0. The lowest BCUT2D eigenvalue weighted by Gasteiger charge is -2.40. The van der Waals surface area contributed by atoms with Gasteiger partial charge in [0.1, 0.15) is 11.4 Å². The lowest BCUT2D eigenvalue weighted by atomic mass is 9.69. The monoisotopic (exact) mass is 240 g/mol. The fourth-order valence-electron chi connectivity index (χ4n) is 2.70. The number of Topliss-reactive ketones (excluding diaryl/α,β-unsaturated/α-hetero) is 2. The van der Waals surface area contributed by atoms with E-state index in [0.29, 0.717) is 12.8 Å². The summed E-state index contributed by atoms with van der Waals surface area (Å²) in [6, 6.07) is 0. The molecule has 0 atom stereocenters. The number of carbonyl (C=O) groups excluding carboxylic acids is 2. The molecule has 0 aromatic rings. The summed E-state index contributed by atoms with van der Waals surface area (Å²) in [4.78, 5) is 23.8. The van der Waals surface area contributed by atoms with Crippen LogP contribution in [-0.4, -0.2) is 24.3 Å². The van der Waals surface area contributed by atoms with E-state index in [1.807, 2.05) is 20.8 Å². The fraction of sp³-hybridized carbons (Fsp3) is 0.857. The second-order valence-corrected chi connectivity index (χ2v) is 6.16. The van der Waals surface area contributed by atoms with Crippen molar-refractivity contribution in [2.45, 2.75) is 59.0 Å². The van der Waals surface area contributed by atoms with Crippen LogP contribution in [0.15, 0.2) is 0 Å². The summed E-state index contributed by atoms with van der Waals surface area (Å²) in [5, 5.41) is 0. The predicted octanol–water partition coefficient (Wildman–Crippen LogP) is 2.77. The molecule has 17 heavy (non-hydrogen) atoms. The van der Waals surface area contributed by atoms with Gasteiger partial charge in [0.15, 0.2) is 5.78 Å². The summed E-state index contributed by atoms with van der Waals surface area (Å²) in [6.45, 7) is 7.41. The molecule has 0 bridgehead atoms. The van der Waals surface area contributed by atoms with Crippen LogP contribution in [0, 0.1) is 11.3 Å². The van der Waals surface area contributed by atoms with Gasteiger partial charge in [-0.15, -0.1) is 0 Å². The first-order valence-electron chi connectivity index (χ1n) is 6.33. The Morgan fingerprint density at radius 1 is 1.18 bits per heavy atom. The topological polar surface area (TPSA) is 43.4 Å². The van der Waals surface area contributed by atoms with Crippen LogP contribution in [0.2, 0.25) is 0 Å². The van der Waals surface area contributed by atoms with Gasteiger partial charge in [-0.05, 0) is 32.6 Å². The van der Waals surface area contributed by atoms with Crippen molar-refractivity contribution >= 4 is 11.6 Å². The Balaban J connectivity index is 2.81. The van der Waals surface area contributed by atoms with Crippen LogP contribution in [0.4, 0.5) is 0 Å². The largest absolute Gasteiger partial charge is 0.370 e. The third-order valence-corrected chi connectivity index (χ3v) is 3.85. The fourth-order valence-corrected chi connectivity index (χ4v) is 2.70. The number of carbonyl (C=O) groups is 2. The van der Waals surface area contributed by atoms with Crippen molar-refractivity contribution in [2.75, 3.05) is 7.11 Å². The molecule has 0 saturated heterocycles. The zero-order valence-electron chi connectivity index (χ0n) is 11.6. The first kappa shape index (κ1) is 14.4. The number of hydrogen-bond donors (Lipinski definition) is 0. The lowest BCUT2D eigenvalue weighted by molar-refractivity contribution is -0.155. The molecular formula is C14H24O3. The van der Waals surface area contributed by atoms with Crippen LogP contribution in [0.1, 0.15) is 53.4 Å². The molecule has 0 spiro atoms. The van der Waals surface area contributed by atoms with Crippen LogP contribution in [-0.2, 0) is 14.3 Å². The van der Waals surface area contributed by atoms with E-state index in [9.17, 15) is 9.59 Å². The Morgan fingerprint density at radius 3 is 1.94 bits per heavy atom. The SMILES string of the molecule is CO[C@]1(C(=O)C(C)(C)C)CC[C@@H](C(C)=O)CC1. The molecule has 3 heteroatoms. The van der Waals surface area contributed by atoms with Gasteiger partial charge < -0.3 is 4.74 Å². The van der Waals surface area contributed by atoms with Crippen LogP contribution >= 0.6 is 0 Å². The highest BCUT2D eigenvalue weighted by Gasteiger charge is 2.46. The Labute approximate surface area is 104 Å². The molecule has 0 aliphatic heterocycles. The van der Waals surface area contributed by atoms with Crippen LogP contribution in [0.25, 0.3) is 0 Å². The van der Waals surface area contributed by atoms with E-state index in [-0.39, 0.29) is 22.9 Å². The number of hydrogen-bond acceptors (Lipinski definition) is 3. The van der Waals surface area contributed by atoms with E-state index in [2.05, 4.69) is 0 Å². The van der Waals surface area contributed by atoms with E-state index >= 15 is 0 Å². The molecule has 0 radical (unpaired) electrons. The molecule has 0 amide bonds. The van der Waals surface area contributed by atoms with Gasteiger partial charge in [0.2, 0.25) is 0 Å². The van der Waals surface area contributed by atoms with Gasteiger partial charge in [0.25, 0.3) is 0 Å². The Bertz CT molecular complexity index is 304. The summed E-state index contributed by atoms with van der Waals surface area (Å²) in [6.07, 6.45) is 2.88. The second-order valence-electron chi connectivity index (χ2n) is 6.16. The average molecular weight is 240 g/mol. The molecule has 3 nitrogen and oxygen atoms in total. The molecule has 1 saturated carbocycles. The number of rotatable bonds is 3. The van der Waals surface area contributed by atoms with E-state index in [1.165, 1.54) is 0 Å². The van der Waals surface area contributed by atoms with Gasteiger partial charge in [-0.2, -0.15) is 0 Å². The minimum absolute atomic E-state index is 0.117. The zero-order valence-corrected chi connectivity index (χ0v) is 11.6. The highest BCUT2D eigenvalue weighted by molar-refractivity contribution is 5.92. The van der Waals surface area contributed by atoms with Gasteiger partial charge in [0, 0.05) is 18.4 Å². The highest BCUT2D eigenvalue weighted by atomic mass is 16.5. The van der Waals surface area contributed by atoms with E-state index < -0.39 is 5.60 Å². The zero-order chi connectivity index (χ0) is 13.3. The standard InChI is InChI=1S/C14H24O3/c1-10(15)11-6-8-14(17-5,9-7-11)12(16)13(2,3)4/h11H,6-9H2,1-5H3/t11-,14-. The van der Waals surface area contributed by atoms with Crippen LogP contribution in [0.5, 0.6) is 0 Å². The minimum Gasteiger partial charge on any atom is -0.370 e. The molecule has 0 unspecified atom stereocenters. The summed E-state index contributed by atoms with van der Waals surface area (Å²) in [5.41, 5.74) is -1.05. The van der Waals surface area contributed by atoms with E-state index in [0.717, 1.165) is 12.8 Å². The molecule has 0 aromatic carbocycles. The smallest absolute Gasteiger partial charge is 0.169 e. The summed E-state index contributed by atoms with van der Waals surface area (Å²) in [7, 11) is 1.61. The maximum atomic E-state index is 12.4. The molecule has 1 fully saturated rings. The molecule has 0 aromatic heterocycles. The number of ketones is 2. The lowest BCUT2D eigenvalue weighted by Crippen LogP contribution is -2.49. The Hall–Kier alpha value is -0.700. The first-order valence-corrected chi connectivity index (χ1v) is 6.33. The van der Waals surface area contributed by atoms with Gasteiger partial charge in [-0.1, -0.05) is 20.8 Å². The molecule has 1 aliphatic carbocycles. The van der Waals surface area contributed by atoms with Gasteiger partial charge in [-0.3, -0.25) is 9.59 Å². The second kappa shape index (κ2) is 4.89. The maximum absolute atomic E-state index is 12.4. The quantitative estimate of drug-likeness (QED) is 0.762. The van der Waals surface area contributed by atoms with Crippen molar-refractivity contribution in [3.63, 3.8) is 0 Å². The molecule has 98 valence electrons. The number of ether oxygens (including phenoxy) is 1. The van der Waals surface area contributed by atoms with E-state index in [4.69, 9.17) is 4.74 Å². The molecular weight excluding hydrogens is 216 g/mol. The first-order chi connectivity index (χ1) is 7.73. The normalized spacial score (nSPS) is 30.1. The average Bonchev–Trinajstić information content (AvgIpc) is 2.26. The Morgan fingerprint density at radius 2 is 1.65 bits per heavy atom. The third-order valence-electron chi connectivity index (χ3n) is 3.85. The summed E-state index contributed by atoms with van der Waals surface area (Å²) < 4.78 is 5.53. The van der Waals surface area contributed by atoms with Crippen molar-refractivity contribution in [1.82, 2.24) is 0 Å². The molecule has 0 N–H and O–H groups in total. The van der Waals surface area contributed by atoms with E-state index in [1.54, 1.807) is 14.0 Å². The van der Waals surface area contributed by atoms with Crippen molar-refractivity contribution in [3.05, 3.63) is 0 Å². The van der Waals surface area contributed by atoms with Crippen LogP contribution < -0.4 is 0 Å². The van der Waals surface area contributed by atoms with Gasteiger partial charge in [0.05, 0.1) is 0 Å². The molecule has 1 aliphatic rings. The van der Waals surface area contributed by atoms with Crippen molar-refractivity contribution in [2.24, 2.45) is 11.3 Å². The van der Waals surface area contributed by atoms with Crippen molar-refractivity contribution in [1.29, 1.82) is 0 Å². The Kier molecular flexibility index (Phi) is 4.13. The molecule has 1 rings (SSSR count). The predicted molar refractivity (Wildman–Crippen MR) is 66.8 cm³/mol. The van der Waals surface area contributed by atoms with Gasteiger partial charge >= 0.3 is 0 Å².